The second kappa shape index (κ2) is 3.59. The lowest BCUT2D eigenvalue weighted by Gasteiger charge is -1.98. The quantitative estimate of drug-likeness (QED) is 0.503. The maximum absolute atomic E-state index is 7.98. The van der Waals surface area contributed by atoms with Gasteiger partial charge in [0.25, 0.3) is 0 Å². The number of hydrogen-bond acceptors (Lipinski definition) is 3. The van der Waals surface area contributed by atoms with Crippen molar-refractivity contribution in [3.63, 3.8) is 0 Å². The molecule has 2 N–H and O–H groups in total. The Hall–Kier alpha value is -0.590. The zero-order valence-corrected chi connectivity index (χ0v) is 4.22. The summed E-state index contributed by atoms with van der Waals surface area (Å²) >= 11 is 0. The summed E-state index contributed by atoms with van der Waals surface area (Å²) in [5.41, 5.74) is 0. The highest BCUT2D eigenvalue weighted by Crippen LogP contribution is 1.88. The van der Waals surface area contributed by atoms with Gasteiger partial charge in [0.1, 0.15) is 0 Å². The van der Waals surface area contributed by atoms with Crippen molar-refractivity contribution in [3.8, 4) is 6.07 Å². The van der Waals surface area contributed by atoms with Crippen LogP contribution in [0, 0.1) is 11.3 Å². The van der Waals surface area contributed by atoms with Crippen LogP contribution in [0.25, 0.3) is 0 Å². The summed E-state index contributed by atoms with van der Waals surface area (Å²) in [6.07, 6.45) is 0.223. The Kier molecular flexibility index (Phi) is 3.29. The average molecular weight is 100 g/mol. The molecule has 0 rings (SSSR count). The fourth-order valence-corrected chi connectivity index (χ4v) is 0.177. The lowest BCUT2D eigenvalue weighted by Crippen LogP contribution is -2.11. The molecule has 0 aliphatic rings. The Bertz CT molecular complexity index is 76.2. The van der Waals surface area contributed by atoms with E-state index in [4.69, 9.17) is 11.2 Å². The highest BCUT2D eigenvalue weighted by molar-refractivity contribution is 4.72. The van der Waals surface area contributed by atoms with Crippen molar-refractivity contribution in [2.45, 2.75) is 19.4 Å². The van der Waals surface area contributed by atoms with Crippen LogP contribution in [-0.4, -0.2) is 6.10 Å². The summed E-state index contributed by atoms with van der Waals surface area (Å²) < 4.78 is 0. The molecule has 0 radical (unpaired) electrons. The molecule has 0 saturated heterocycles. The average Bonchev–Trinajstić information content (AvgIpc) is 1.68. The Morgan fingerprint density at radius 2 is 2.57 bits per heavy atom. The van der Waals surface area contributed by atoms with Crippen LogP contribution in [0.15, 0.2) is 0 Å². The number of hydrogen-bond donors (Lipinski definition) is 1. The van der Waals surface area contributed by atoms with Gasteiger partial charge in [-0.3, -0.25) is 0 Å². The van der Waals surface area contributed by atoms with Crippen LogP contribution in [0.1, 0.15) is 13.3 Å². The second-order valence-electron chi connectivity index (χ2n) is 1.31. The monoisotopic (exact) mass is 100 g/mol. The summed E-state index contributed by atoms with van der Waals surface area (Å²) in [4.78, 5) is 4.27. The predicted molar refractivity (Wildman–Crippen MR) is 25.0 cm³/mol. The first-order chi connectivity index (χ1) is 3.31. The van der Waals surface area contributed by atoms with Crippen LogP contribution in [0.2, 0.25) is 0 Å². The Labute approximate surface area is 42.6 Å². The molecule has 1 atom stereocenters. The zero-order valence-electron chi connectivity index (χ0n) is 4.22. The molecule has 0 amide bonds. The van der Waals surface area contributed by atoms with Crippen LogP contribution < -0.4 is 5.90 Å². The van der Waals surface area contributed by atoms with Gasteiger partial charge < -0.3 is 4.84 Å². The molecule has 0 aromatic carbocycles. The van der Waals surface area contributed by atoms with E-state index in [0.717, 1.165) is 0 Å². The van der Waals surface area contributed by atoms with E-state index in [1.807, 2.05) is 6.07 Å². The molecule has 0 heterocycles. The first kappa shape index (κ1) is 6.41. The summed E-state index contributed by atoms with van der Waals surface area (Å²) in [5, 5.41) is 7.98. The number of nitrogens with zero attached hydrogens (tertiary/aromatic N) is 1. The smallest absolute Gasteiger partial charge is 0.0888 e. The first-order valence-corrected chi connectivity index (χ1v) is 2.03. The van der Waals surface area contributed by atoms with Gasteiger partial charge >= 0.3 is 0 Å². The Morgan fingerprint density at radius 1 is 2.00 bits per heavy atom. The fraction of sp³-hybridized carbons (Fsp3) is 0.750. The van der Waals surface area contributed by atoms with Crippen molar-refractivity contribution < 1.29 is 4.84 Å². The van der Waals surface area contributed by atoms with Crippen LogP contribution in [0.5, 0.6) is 0 Å². The van der Waals surface area contributed by atoms with Crippen LogP contribution in [-0.2, 0) is 4.84 Å². The van der Waals surface area contributed by atoms with E-state index in [1.165, 1.54) is 0 Å². The van der Waals surface area contributed by atoms with Crippen molar-refractivity contribution in [3.05, 3.63) is 0 Å². The van der Waals surface area contributed by atoms with Gasteiger partial charge in [-0.15, -0.1) is 0 Å². The minimum atomic E-state index is -0.134. The summed E-state index contributed by atoms with van der Waals surface area (Å²) in [6, 6.07) is 1.91. The van der Waals surface area contributed by atoms with E-state index in [2.05, 4.69) is 4.84 Å². The highest BCUT2D eigenvalue weighted by Gasteiger charge is 1.94. The van der Waals surface area contributed by atoms with Crippen LogP contribution in [0.4, 0.5) is 0 Å². The minimum Gasteiger partial charge on any atom is -0.301 e. The number of nitriles is 1. The molecular weight excluding hydrogens is 92.1 g/mol. The minimum absolute atomic E-state index is 0.134. The molecule has 7 heavy (non-hydrogen) atoms. The molecule has 0 spiro atoms. The van der Waals surface area contributed by atoms with Crippen molar-refractivity contribution >= 4 is 0 Å². The topological polar surface area (TPSA) is 59.0 Å². The fourth-order valence-electron chi connectivity index (χ4n) is 0.177. The molecule has 0 aromatic heterocycles. The molecule has 0 aliphatic heterocycles. The van der Waals surface area contributed by atoms with Crippen LogP contribution >= 0.6 is 0 Å². The van der Waals surface area contributed by atoms with Gasteiger partial charge in [-0.05, 0) is 6.92 Å². The van der Waals surface area contributed by atoms with Crippen molar-refractivity contribution in [1.29, 1.82) is 5.26 Å². The molecular formula is C4H8N2O. The maximum Gasteiger partial charge on any atom is 0.0888 e. The van der Waals surface area contributed by atoms with E-state index < -0.39 is 0 Å². The maximum atomic E-state index is 7.98. The van der Waals surface area contributed by atoms with E-state index in [0.29, 0.717) is 6.42 Å². The third kappa shape index (κ3) is 3.23. The van der Waals surface area contributed by atoms with Crippen molar-refractivity contribution in [2.75, 3.05) is 0 Å². The molecule has 1 unspecified atom stereocenters. The third-order valence-electron chi connectivity index (χ3n) is 0.611. The summed E-state index contributed by atoms with van der Waals surface area (Å²) in [6.45, 7) is 1.74. The molecule has 0 aliphatic carbocycles. The summed E-state index contributed by atoms with van der Waals surface area (Å²) in [5.74, 6) is 4.71. The molecule has 0 aromatic rings. The van der Waals surface area contributed by atoms with E-state index >= 15 is 0 Å². The Balaban J connectivity index is 3.03. The largest absolute Gasteiger partial charge is 0.301 e. The predicted octanol–water partition coefficient (Wildman–Crippen LogP) is 0.179. The zero-order chi connectivity index (χ0) is 5.70. The van der Waals surface area contributed by atoms with Gasteiger partial charge in [-0.2, -0.15) is 5.26 Å². The van der Waals surface area contributed by atoms with E-state index in [9.17, 15) is 0 Å². The lowest BCUT2D eigenvalue weighted by molar-refractivity contribution is 0.0701. The number of rotatable bonds is 2. The highest BCUT2D eigenvalue weighted by atomic mass is 16.6. The molecule has 3 heteroatoms. The van der Waals surface area contributed by atoms with Gasteiger partial charge in [-0.25, -0.2) is 5.90 Å². The van der Waals surface area contributed by atoms with Gasteiger partial charge in [0.2, 0.25) is 0 Å². The normalized spacial score (nSPS) is 12.7. The molecule has 0 bridgehead atoms. The molecule has 40 valence electrons. The van der Waals surface area contributed by atoms with E-state index in [-0.39, 0.29) is 6.10 Å². The molecule has 3 nitrogen and oxygen atoms in total. The molecule has 0 fully saturated rings. The standard InChI is InChI=1S/C4H8N2O/c1-4(7-6)2-3-5/h4H,2,6H2,1H3. The first-order valence-electron chi connectivity index (χ1n) is 2.03. The molecule has 0 saturated carbocycles. The number of nitrogens with two attached hydrogens (primary N) is 1. The Morgan fingerprint density at radius 3 is 2.71 bits per heavy atom. The second-order valence-corrected chi connectivity index (χ2v) is 1.31. The van der Waals surface area contributed by atoms with Crippen molar-refractivity contribution in [2.24, 2.45) is 5.90 Å². The lowest BCUT2D eigenvalue weighted by atomic mass is 10.3. The van der Waals surface area contributed by atoms with Gasteiger partial charge in [-0.1, -0.05) is 0 Å². The third-order valence-corrected chi connectivity index (χ3v) is 0.611. The van der Waals surface area contributed by atoms with Crippen molar-refractivity contribution in [1.82, 2.24) is 0 Å². The summed E-state index contributed by atoms with van der Waals surface area (Å²) in [7, 11) is 0. The van der Waals surface area contributed by atoms with Gasteiger partial charge in [0, 0.05) is 0 Å². The van der Waals surface area contributed by atoms with Crippen LogP contribution in [0.3, 0.4) is 0 Å². The SMILES string of the molecule is CC(CC#N)ON. The van der Waals surface area contributed by atoms with Gasteiger partial charge in [0.05, 0.1) is 18.6 Å². The van der Waals surface area contributed by atoms with Gasteiger partial charge in [0.15, 0.2) is 0 Å². The van der Waals surface area contributed by atoms with E-state index in [1.54, 1.807) is 6.92 Å².